The minimum absolute atomic E-state index is 0.462. The minimum Gasteiger partial charge on any atom is -0.299 e. The second kappa shape index (κ2) is 5.94. The van der Waals surface area contributed by atoms with Crippen molar-refractivity contribution >= 4 is 11.6 Å². The van der Waals surface area contributed by atoms with E-state index in [4.69, 9.17) is 16.9 Å². The zero-order valence-electron chi connectivity index (χ0n) is 11.7. The lowest BCUT2D eigenvalue weighted by molar-refractivity contribution is 0.256. The zero-order chi connectivity index (χ0) is 13.9. The number of nitriles is 1. The summed E-state index contributed by atoms with van der Waals surface area (Å²) in [6.45, 7) is 7.86. The van der Waals surface area contributed by atoms with Crippen LogP contribution in [-0.2, 0) is 6.54 Å². The highest BCUT2D eigenvalue weighted by atomic mass is 35.5. The standard InChI is InChI=1S/C16H21ClN2/c1-16(2)6-3-8-19(9-7-16)12-14-5-4-13(11-18)10-15(14)17/h4-5,10H,3,6-9,12H2,1-2H3. The molecule has 0 unspecified atom stereocenters. The average Bonchev–Trinajstić information content (AvgIpc) is 2.53. The van der Waals surface area contributed by atoms with Gasteiger partial charge in [-0.25, -0.2) is 0 Å². The highest BCUT2D eigenvalue weighted by molar-refractivity contribution is 6.31. The van der Waals surface area contributed by atoms with Crippen LogP contribution in [-0.4, -0.2) is 18.0 Å². The number of benzene rings is 1. The van der Waals surface area contributed by atoms with Crippen molar-refractivity contribution in [1.82, 2.24) is 4.90 Å². The van der Waals surface area contributed by atoms with Crippen molar-refractivity contribution < 1.29 is 0 Å². The van der Waals surface area contributed by atoms with Crippen molar-refractivity contribution in [2.45, 2.75) is 39.7 Å². The molecule has 1 aromatic carbocycles. The third-order valence-electron chi connectivity index (χ3n) is 4.01. The van der Waals surface area contributed by atoms with E-state index >= 15 is 0 Å². The fourth-order valence-electron chi connectivity index (χ4n) is 2.62. The summed E-state index contributed by atoms with van der Waals surface area (Å²) >= 11 is 6.25. The summed E-state index contributed by atoms with van der Waals surface area (Å²) < 4.78 is 0. The van der Waals surface area contributed by atoms with E-state index in [2.05, 4.69) is 24.8 Å². The van der Waals surface area contributed by atoms with Crippen molar-refractivity contribution in [3.63, 3.8) is 0 Å². The molecular weight excluding hydrogens is 256 g/mol. The fraction of sp³-hybridized carbons (Fsp3) is 0.562. The second-order valence-electron chi connectivity index (χ2n) is 6.21. The van der Waals surface area contributed by atoms with Crippen LogP contribution in [0, 0.1) is 16.7 Å². The highest BCUT2D eigenvalue weighted by Gasteiger charge is 2.23. The molecule has 2 nitrogen and oxygen atoms in total. The van der Waals surface area contributed by atoms with Crippen LogP contribution in [0.2, 0.25) is 5.02 Å². The summed E-state index contributed by atoms with van der Waals surface area (Å²) in [5.41, 5.74) is 2.22. The van der Waals surface area contributed by atoms with E-state index in [0.717, 1.165) is 25.2 Å². The van der Waals surface area contributed by atoms with E-state index in [1.807, 2.05) is 12.1 Å². The average molecular weight is 277 g/mol. The van der Waals surface area contributed by atoms with Gasteiger partial charge >= 0.3 is 0 Å². The van der Waals surface area contributed by atoms with E-state index in [9.17, 15) is 0 Å². The van der Waals surface area contributed by atoms with Crippen LogP contribution in [0.5, 0.6) is 0 Å². The van der Waals surface area contributed by atoms with Crippen molar-refractivity contribution in [2.24, 2.45) is 5.41 Å². The third-order valence-corrected chi connectivity index (χ3v) is 4.36. The summed E-state index contributed by atoms with van der Waals surface area (Å²) in [6, 6.07) is 7.72. The first kappa shape index (κ1) is 14.4. The van der Waals surface area contributed by atoms with Gasteiger partial charge in [0.15, 0.2) is 0 Å². The molecule has 0 aliphatic carbocycles. The van der Waals surface area contributed by atoms with Crippen LogP contribution in [0.3, 0.4) is 0 Å². The van der Waals surface area contributed by atoms with Crippen LogP contribution in [0.15, 0.2) is 18.2 Å². The molecular formula is C16H21ClN2. The smallest absolute Gasteiger partial charge is 0.0992 e. The first-order valence-electron chi connectivity index (χ1n) is 6.91. The van der Waals surface area contributed by atoms with Gasteiger partial charge in [-0.1, -0.05) is 31.5 Å². The van der Waals surface area contributed by atoms with Crippen LogP contribution < -0.4 is 0 Å². The Bertz CT molecular complexity index is 488. The Morgan fingerprint density at radius 1 is 1.32 bits per heavy atom. The summed E-state index contributed by atoms with van der Waals surface area (Å²) in [4.78, 5) is 2.47. The van der Waals surface area contributed by atoms with Gasteiger partial charge in [0.2, 0.25) is 0 Å². The molecule has 0 aromatic heterocycles. The predicted molar refractivity (Wildman–Crippen MR) is 79.1 cm³/mol. The Kier molecular flexibility index (Phi) is 4.50. The predicted octanol–water partition coefficient (Wildman–Crippen LogP) is 4.22. The molecule has 0 bridgehead atoms. The number of hydrogen-bond donors (Lipinski definition) is 0. The molecule has 0 atom stereocenters. The van der Waals surface area contributed by atoms with Crippen molar-refractivity contribution in [1.29, 1.82) is 5.26 Å². The van der Waals surface area contributed by atoms with Crippen molar-refractivity contribution in [2.75, 3.05) is 13.1 Å². The lowest BCUT2D eigenvalue weighted by Crippen LogP contribution is -2.25. The lowest BCUT2D eigenvalue weighted by atomic mass is 9.85. The minimum atomic E-state index is 0.462. The molecule has 2 rings (SSSR count). The van der Waals surface area contributed by atoms with Crippen LogP contribution in [0.4, 0.5) is 0 Å². The number of likely N-dealkylation sites (tertiary alicyclic amines) is 1. The van der Waals surface area contributed by atoms with E-state index in [1.54, 1.807) is 6.07 Å². The Hall–Kier alpha value is -1.04. The van der Waals surface area contributed by atoms with Gasteiger partial charge in [0, 0.05) is 11.6 Å². The summed E-state index contributed by atoms with van der Waals surface area (Å²) in [5.74, 6) is 0. The monoisotopic (exact) mass is 276 g/mol. The van der Waals surface area contributed by atoms with E-state index < -0.39 is 0 Å². The van der Waals surface area contributed by atoms with E-state index in [-0.39, 0.29) is 0 Å². The lowest BCUT2D eigenvalue weighted by Gasteiger charge is -2.23. The molecule has 0 spiro atoms. The first-order valence-corrected chi connectivity index (χ1v) is 7.29. The van der Waals surface area contributed by atoms with Crippen LogP contribution >= 0.6 is 11.6 Å². The van der Waals surface area contributed by atoms with Gasteiger partial charge < -0.3 is 0 Å². The SMILES string of the molecule is CC1(C)CCCN(Cc2ccc(C#N)cc2Cl)CC1. The van der Waals surface area contributed by atoms with Gasteiger partial charge in [0.05, 0.1) is 11.6 Å². The van der Waals surface area contributed by atoms with Gasteiger partial charge in [-0.3, -0.25) is 4.90 Å². The molecule has 0 N–H and O–H groups in total. The van der Waals surface area contributed by atoms with Crippen molar-refractivity contribution in [3.8, 4) is 6.07 Å². The Balaban J connectivity index is 2.03. The molecule has 1 aliphatic rings. The summed E-state index contributed by atoms with van der Waals surface area (Å²) in [6.07, 6.45) is 3.78. The number of hydrogen-bond acceptors (Lipinski definition) is 2. The molecule has 1 saturated heterocycles. The molecule has 19 heavy (non-hydrogen) atoms. The summed E-state index contributed by atoms with van der Waals surface area (Å²) in [7, 11) is 0. The largest absolute Gasteiger partial charge is 0.299 e. The third kappa shape index (κ3) is 3.96. The summed E-state index contributed by atoms with van der Waals surface area (Å²) in [5, 5.41) is 9.56. The van der Waals surface area contributed by atoms with Gasteiger partial charge in [-0.2, -0.15) is 5.26 Å². The second-order valence-corrected chi connectivity index (χ2v) is 6.62. The maximum atomic E-state index is 8.85. The first-order chi connectivity index (χ1) is 9.00. The maximum absolute atomic E-state index is 8.85. The molecule has 3 heteroatoms. The number of nitrogens with zero attached hydrogens (tertiary/aromatic N) is 2. The van der Waals surface area contributed by atoms with Gasteiger partial charge in [0.25, 0.3) is 0 Å². The normalized spacial score (nSPS) is 19.7. The van der Waals surface area contributed by atoms with Crippen molar-refractivity contribution in [3.05, 3.63) is 34.3 Å². The molecule has 1 heterocycles. The number of rotatable bonds is 2. The fourth-order valence-corrected chi connectivity index (χ4v) is 2.86. The molecule has 0 saturated carbocycles. The molecule has 102 valence electrons. The molecule has 0 amide bonds. The molecule has 1 fully saturated rings. The van der Waals surface area contributed by atoms with Gasteiger partial charge in [-0.15, -0.1) is 0 Å². The topological polar surface area (TPSA) is 27.0 Å². The van der Waals surface area contributed by atoms with Gasteiger partial charge in [0.1, 0.15) is 0 Å². The van der Waals surface area contributed by atoms with E-state index in [0.29, 0.717) is 16.0 Å². The highest BCUT2D eigenvalue weighted by Crippen LogP contribution is 2.30. The van der Waals surface area contributed by atoms with E-state index in [1.165, 1.54) is 19.3 Å². The zero-order valence-corrected chi connectivity index (χ0v) is 12.5. The molecule has 1 aromatic rings. The van der Waals surface area contributed by atoms with Crippen LogP contribution in [0.1, 0.15) is 44.2 Å². The Labute approximate surface area is 121 Å². The quantitative estimate of drug-likeness (QED) is 0.808. The van der Waals surface area contributed by atoms with Crippen LogP contribution in [0.25, 0.3) is 0 Å². The Morgan fingerprint density at radius 2 is 2.11 bits per heavy atom. The maximum Gasteiger partial charge on any atom is 0.0992 e. The number of halogens is 1. The van der Waals surface area contributed by atoms with Gasteiger partial charge in [-0.05, 0) is 55.5 Å². The molecule has 0 radical (unpaired) electrons. The molecule has 1 aliphatic heterocycles. The Morgan fingerprint density at radius 3 is 2.79 bits per heavy atom.